The Hall–Kier alpha value is -1.30. The Morgan fingerprint density at radius 2 is 1.42 bits per heavy atom. The molecule has 0 heterocycles. The molecule has 0 fully saturated rings. The van der Waals surface area contributed by atoms with E-state index in [2.05, 4.69) is 93.5 Å². The van der Waals surface area contributed by atoms with Crippen LogP contribution in [0.2, 0.25) is 0 Å². The Morgan fingerprint density at radius 1 is 0.833 bits per heavy atom. The monoisotopic (exact) mass is 324 g/mol. The van der Waals surface area contributed by atoms with Crippen molar-refractivity contribution in [2.75, 3.05) is 0 Å². The summed E-state index contributed by atoms with van der Waals surface area (Å²) in [6.45, 7) is 23.1. The van der Waals surface area contributed by atoms with Crippen LogP contribution in [0.25, 0.3) is 0 Å². The fourth-order valence-electron chi connectivity index (χ4n) is 3.54. The molecule has 0 saturated carbocycles. The zero-order valence-electron chi connectivity index (χ0n) is 17.5. The van der Waals surface area contributed by atoms with Gasteiger partial charge in [0.05, 0.1) is 0 Å². The van der Waals surface area contributed by atoms with Crippen LogP contribution in [0.3, 0.4) is 0 Å². The molecule has 1 aliphatic rings. The van der Waals surface area contributed by atoms with Crippen molar-refractivity contribution < 1.29 is 0 Å². The lowest BCUT2D eigenvalue weighted by Gasteiger charge is -2.34. The molecule has 0 N–H and O–H groups in total. The van der Waals surface area contributed by atoms with E-state index in [1.165, 1.54) is 33.4 Å². The average Bonchev–Trinajstić information content (AvgIpc) is 2.42. The van der Waals surface area contributed by atoms with Crippen LogP contribution >= 0.6 is 0 Å². The molecule has 0 bridgehead atoms. The number of aryl methyl sites for hydroxylation is 1. The molecule has 0 aromatic heterocycles. The second-order valence-corrected chi connectivity index (χ2v) is 9.83. The summed E-state index contributed by atoms with van der Waals surface area (Å²) in [6.07, 6.45) is 4.95. The van der Waals surface area contributed by atoms with E-state index in [1.54, 1.807) is 0 Å². The largest absolute Gasteiger partial charge is 0.0727 e. The van der Waals surface area contributed by atoms with Gasteiger partial charge in [-0.15, -0.1) is 0 Å². The fraction of sp³-hybridized carbons (Fsp3) is 0.583. The van der Waals surface area contributed by atoms with Gasteiger partial charge in [0, 0.05) is 5.92 Å². The zero-order chi connectivity index (χ0) is 18.4. The molecule has 2 atom stereocenters. The van der Waals surface area contributed by atoms with Gasteiger partial charge in [0.1, 0.15) is 0 Å². The summed E-state index contributed by atoms with van der Waals surface area (Å²) < 4.78 is 0. The maximum atomic E-state index is 2.53. The third kappa shape index (κ3) is 3.68. The van der Waals surface area contributed by atoms with E-state index in [1.807, 2.05) is 0 Å². The molecule has 24 heavy (non-hydrogen) atoms. The SMILES string of the molecule is CC1=CC(C(C)(C)C)=C[C@H](c2cc(C(C)(C)C)cc(C)c2C)C1C. The average molecular weight is 325 g/mol. The van der Waals surface area contributed by atoms with Crippen molar-refractivity contribution in [2.24, 2.45) is 11.3 Å². The topological polar surface area (TPSA) is 0 Å². The Morgan fingerprint density at radius 3 is 1.92 bits per heavy atom. The van der Waals surface area contributed by atoms with Crippen LogP contribution in [0.15, 0.2) is 35.4 Å². The second kappa shape index (κ2) is 6.21. The molecular weight excluding hydrogens is 288 g/mol. The van der Waals surface area contributed by atoms with Crippen molar-refractivity contribution >= 4 is 0 Å². The van der Waals surface area contributed by atoms with E-state index in [-0.39, 0.29) is 10.8 Å². The van der Waals surface area contributed by atoms with E-state index in [0.717, 1.165) is 0 Å². The Balaban J connectivity index is 2.64. The third-order valence-corrected chi connectivity index (χ3v) is 5.80. The van der Waals surface area contributed by atoms with E-state index in [4.69, 9.17) is 0 Å². The van der Waals surface area contributed by atoms with Crippen LogP contribution in [0.5, 0.6) is 0 Å². The number of rotatable bonds is 1. The molecule has 1 aromatic rings. The summed E-state index contributed by atoms with van der Waals surface area (Å²) in [4.78, 5) is 0. The first-order valence-corrected chi connectivity index (χ1v) is 9.34. The Kier molecular flexibility index (Phi) is 4.92. The van der Waals surface area contributed by atoms with Gasteiger partial charge in [-0.25, -0.2) is 0 Å². The molecule has 0 heteroatoms. The Labute approximate surface area is 150 Å². The van der Waals surface area contributed by atoms with Crippen LogP contribution in [0.4, 0.5) is 0 Å². The lowest BCUT2D eigenvalue weighted by molar-refractivity contribution is 0.490. The molecule has 1 unspecified atom stereocenters. The zero-order valence-corrected chi connectivity index (χ0v) is 17.5. The number of hydrogen-bond donors (Lipinski definition) is 0. The van der Waals surface area contributed by atoms with Crippen molar-refractivity contribution in [3.8, 4) is 0 Å². The Bertz CT molecular complexity index is 684. The predicted molar refractivity (Wildman–Crippen MR) is 108 cm³/mol. The van der Waals surface area contributed by atoms with Gasteiger partial charge in [-0.05, 0) is 65.3 Å². The lowest BCUT2D eigenvalue weighted by Crippen LogP contribution is -2.21. The van der Waals surface area contributed by atoms with Gasteiger partial charge in [-0.3, -0.25) is 0 Å². The van der Waals surface area contributed by atoms with Crippen LogP contribution in [-0.4, -0.2) is 0 Å². The van der Waals surface area contributed by atoms with Crippen LogP contribution in [0.1, 0.15) is 83.6 Å². The van der Waals surface area contributed by atoms with Crippen molar-refractivity contribution in [3.05, 3.63) is 57.7 Å². The van der Waals surface area contributed by atoms with Crippen molar-refractivity contribution in [3.63, 3.8) is 0 Å². The van der Waals surface area contributed by atoms with Crippen LogP contribution in [-0.2, 0) is 5.41 Å². The molecule has 1 aromatic carbocycles. The first-order chi connectivity index (χ1) is 10.8. The summed E-state index contributed by atoms with van der Waals surface area (Å²) in [7, 11) is 0. The molecule has 0 spiro atoms. The maximum Gasteiger partial charge on any atom is 0.00896 e. The van der Waals surface area contributed by atoms with Gasteiger partial charge in [0.2, 0.25) is 0 Å². The van der Waals surface area contributed by atoms with Crippen LogP contribution < -0.4 is 0 Å². The van der Waals surface area contributed by atoms with Gasteiger partial charge in [-0.1, -0.05) is 78.3 Å². The molecule has 0 radical (unpaired) electrons. The standard InChI is InChI=1S/C24H36/c1-15-11-19(23(5,6)7)13-21(17(15)3)22-14-20(24(8,9)10)12-16(2)18(22)4/h11-14,17,21H,1-10H3/t17?,21-/m0/s1. The molecule has 0 saturated heterocycles. The summed E-state index contributed by atoms with van der Waals surface area (Å²) in [5, 5.41) is 0. The van der Waals surface area contributed by atoms with Gasteiger partial charge in [-0.2, -0.15) is 0 Å². The smallest absolute Gasteiger partial charge is 0.00896 e. The van der Waals surface area contributed by atoms with Crippen molar-refractivity contribution in [2.45, 2.75) is 80.6 Å². The normalized spacial score (nSPS) is 22.2. The minimum atomic E-state index is 0.187. The maximum absolute atomic E-state index is 2.53. The predicted octanol–water partition coefficient (Wildman–Crippen LogP) is 7.25. The molecule has 0 amide bonds. The van der Waals surface area contributed by atoms with E-state index >= 15 is 0 Å². The third-order valence-electron chi connectivity index (χ3n) is 5.80. The van der Waals surface area contributed by atoms with E-state index in [0.29, 0.717) is 11.8 Å². The molecular formula is C24H36. The quantitative estimate of drug-likeness (QED) is 0.510. The van der Waals surface area contributed by atoms with Gasteiger partial charge >= 0.3 is 0 Å². The number of hydrogen-bond acceptors (Lipinski definition) is 0. The molecule has 0 nitrogen and oxygen atoms in total. The second-order valence-electron chi connectivity index (χ2n) is 9.83. The van der Waals surface area contributed by atoms with E-state index < -0.39 is 0 Å². The molecule has 2 rings (SSSR count). The first kappa shape index (κ1) is 19.0. The minimum absolute atomic E-state index is 0.187. The highest BCUT2D eigenvalue weighted by molar-refractivity contribution is 5.47. The van der Waals surface area contributed by atoms with Crippen LogP contribution in [0, 0.1) is 25.2 Å². The van der Waals surface area contributed by atoms with Crippen molar-refractivity contribution in [1.82, 2.24) is 0 Å². The molecule has 0 aliphatic heterocycles. The number of allylic oxidation sites excluding steroid dienone is 4. The van der Waals surface area contributed by atoms with Gasteiger partial charge < -0.3 is 0 Å². The highest BCUT2D eigenvalue weighted by Crippen LogP contribution is 2.43. The molecule has 132 valence electrons. The van der Waals surface area contributed by atoms with E-state index in [9.17, 15) is 0 Å². The minimum Gasteiger partial charge on any atom is -0.0727 e. The number of benzene rings is 1. The van der Waals surface area contributed by atoms with Gasteiger partial charge in [0.15, 0.2) is 0 Å². The lowest BCUT2D eigenvalue weighted by atomic mass is 9.70. The fourth-order valence-corrected chi connectivity index (χ4v) is 3.54. The summed E-state index contributed by atoms with van der Waals surface area (Å²) in [6, 6.07) is 4.85. The molecule has 1 aliphatic carbocycles. The first-order valence-electron chi connectivity index (χ1n) is 9.34. The highest BCUT2D eigenvalue weighted by atomic mass is 14.3. The summed E-state index contributed by atoms with van der Waals surface area (Å²) in [5.41, 5.74) is 9.21. The summed E-state index contributed by atoms with van der Waals surface area (Å²) >= 11 is 0. The summed E-state index contributed by atoms with van der Waals surface area (Å²) in [5.74, 6) is 1.04. The van der Waals surface area contributed by atoms with Gasteiger partial charge in [0.25, 0.3) is 0 Å². The van der Waals surface area contributed by atoms with Crippen molar-refractivity contribution in [1.29, 1.82) is 0 Å². The highest BCUT2D eigenvalue weighted by Gasteiger charge is 2.29.